The molecule has 3 aromatic carbocycles. The Labute approximate surface area is 234 Å². The van der Waals surface area contributed by atoms with Crippen LogP contribution in [0.1, 0.15) is 11.5 Å². The molecule has 4 aromatic rings. The number of carbonyl (C=O) groups excluding carboxylic acids is 2. The number of allylic oxidation sites excluding steroid dienone is 1. The molecular formula is C30H25N5O6. The number of methoxy groups -OCH3 is 3. The van der Waals surface area contributed by atoms with Gasteiger partial charge in [-0.25, -0.2) is 14.6 Å². The van der Waals surface area contributed by atoms with Gasteiger partial charge in [0.1, 0.15) is 17.3 Å². The van der Waals surface area contributed by atoms with Crippen LogP contribution in [0.3, 0.4) is 0 Å². The molecule has 1 aliphatic rings. The highest BCUT2D eigenvalue weighted by Crippen LogP contribution is 2.43. The fourth-order valence-corrected chi connectivity index (χ4v) is 4.88. The molecule has 1 atom stereocenters. The van der Waals surface area contributed by atoms with Gasteiger partial charge < -0.3 is 30.0 Å². The Kier molecular flexibility index (Phi) is 7.05. The number of carbonyl (C=O) groups is 2. The van der Waals surface area contributed by atoms with Gasteiger partial charge in [-0.1, -0.05) is 30.3 Å². The third-order valence-corrected chi connectivity index (χ3v) is 6.79. The number of hydrogen-bond acceptors (Lipinski definition) is 10. The number of aromatic nitrogens is 2. The summed E-state index contributed by atoms with van der Waals surface area (Å²) in [5, 5.41) is 20.2. The van der Waals surface area contributed by atoms with Crippen LogP contribution in [0.5, 0.6) is 11.5 Å². The topological polar surface area (TPSA) is 164 Å². The number of ether oxygens (including phenoxy) is 3. The summed E-state index contributed by atoms with van der Waals surface area (Å²) in [6, 6.07) is 20.8. The number of aromatic hydroxyl groups is 1. The van der Waals surface area contributed by atoms with Crippen LogP contribution in [-0.4, -0.2) is 48.3 Å². The van der Waals surface area contributed by atoms with E-state index in [2.05, 4.69) is 16.0 Å². The molecule has 1 aromatic heterocycles. The molecule has 206 valence electrons. The molecule has 0 fully saturated rings. The number of hydrogen-bond donors (Lipinski definition) is 3. The Hall–Kier alpha value is -5.76. The molecule has 1 aliphatic heterocycles. The van der Waals surface area contributed by atoms with E-state index in [9.17, 15) is 20.0 Å². The second-order valence-electron chi connectivity index (χ2n) is 9.01. The summed E-state index contributed by atoms with van der Waals surface area (Å²) in [6.45, 7) is 0. The summed E-state index contributed by atoms with van der Waals surface area (Å²) in [4.78, 5) is 35.7. The van der Waals surface area contributed by atoms with Crippen LogP contribution in [0.2, 0.25) is 0 Å². The molecule has 11 heteroatoms. The summed E-state index contributed by atoms with van der Waals surface area (Å²) in [5.41, 5.74) is 9.17. The smallest absolute Gasteiger partial charge is 0.355 e. The number of phenolic OH excluding ortho intramolecular Hbond substituents is 1. The van der Waals surface area contributed by atoms with Gasteiger partial charge in [0.05, 0.1) is 61.2 Å². The predicted molar refractivity (Wildman–Crippen MR) is 149 cm³/mol. The van der Waals surface area contributed by atoms with Gasteiger partial charge in [0.25, 0.3) is 0 Å². The second kappa shape index (κ2) is 10.8. The minimum absolute atomic E-state index is 0.00681. The first-order chi connectivity index (χ1) is 19.8. The summed E-state index contributed by atoms with van der Waals surface area (Å²) in [7, 11) is 3.84. The molecule has 0 radical (unpaired) electrons. The van der Waals surface area contributed by atoms with Crippen molar-refractivity contribution in [3.05, 3.63) is 95.0 Å². The molecule has 2 heterocycles. The summed E-state index contributed by atoms with van der Waals surface area (Å²) < 4.78 is 15.4. The van der Waals surface area contributed by atoms with E-state index in [0.29, 0.717) is 33.7 Å². The monoisotopic (exact) mass is 551 g/mol. The number of nitriles is 1. The molecule has 1 unspecified atom stereocenters. The Morgan fingerprint density at radius 1 is 1.02 bits per heavy atom. The first kappa shape index (κ1) is 26.8. The van der Waals surface area contributed by atoms with E-state index < -0.39 is 17.9 Å². The number of aromatic amines is 1. The van der Waals surface area contributed by atoms with Crippen LogP contribution >= 0.6 is 0 Å². The number of phenols is 1. The fraction of sp³-hybridized carbons (Fsp3) is 0.133. The van der Waals surface area contributed by atoms with Gasteiger partial charge in [-0.2, -0.15) is 5.26 Å². The molecule has 4 N–H and O–H groups in total. The fourth-order valence-electron chi connectivity index (χ4n) is 4.88. The number of nitrogens with zero attached hydrogens (tertiary/aromatic N) is 3. The molecule has 0 amide bonds. The highest BCUT2D eigenvalue weighted by atomic mass is 16.5. The highest BCUT2D eigenvalue weighted by molar-refractivity contribution is 6.06. The zero-order valence-electron chi connectivity index (χ0n) is 22.3. The van der Waals surface area contributed by atoms with Gasteiger partial charge >= 0.3 is 11.9 Å². The minimum atomic E-state index is -0.967. The largest absolute Gasteiger partial charge is 0.504 e. The van der Waals surface area contributed by atoms with E-state index in [1.165, 1.54) is 32.3 Å². The molecule has 0 saturated carbocycles. The summed E-state index contributed by atoms with van der Waals surface area (Å²) in [6.07, 6.45) is 0. The first-order valence-corrected chi connectivity index (χ1v) is 12.4. The third kappa shape index (κ3) is 4.57. The Morgan fingerprint density at radius 3 is 2.41 bits per heavy atom. The number of nitrogens with two attached hydrogens (primary N) is 1. The average Bonchev–Trinajstić information content (AvgIpc) is 3.43. The molecule has 11 nitrogen and oxygen atoms in total. The molecule has 41 heavy (non-hydrogen) atoms. The second-order valence-corrected chi connectivity index (χ2v) is 9.01. The van der Waals surface area contributed by atoms with Crippen LogP contribution in [0, 0.1) is 11.3 Å². The van der Waals surface area contributed by atoms with Crippen molar-refractivity contribution >= 4 is 28.7 Å². The van der Waals surface area contributed by atoms with E-state index >= 15 is 0 Å². The lowest BCUT2D eigenvalue weighted by atomic mass is 9.81. The van der Waals surface area contributed by atoms with E-state index in [4.69, 9.17) is 19.9 Å². The van der Waals surface area contributed by atoms with Crippen molar-refractivity contribution < 1.29 is 28.9 Å². The molecule has 5 rings (SSSR count). The number of esters is 2. The van der Waals surface area contributed by atoms with E-state index in [0.717, 1.165) is 0 Å². The quantitative estimate of drug-likeness (QED) is 0.300. The Morgan fingerprint density at radius 2 is 1.76 bits per heavy atom. The van der Waals surface area contributed by atoms with Crippen molar-refractivity contribution in [1.82, 2.24) is 9.97 Å². The van der Waals surface area contributed by atoms with Crippen LogP contribution < -0.4 is 15.4 Å². The van der Waals surface area contributed by atoms with Crippen molar-refractivity contribution in [1.29, 1.82) is 5.26 Å². The van der Waals surface area contributed by atoms with Gasteiger partial charge in [-0.05, 0) is 42.0 Å². The van der Waals surface area contributed by atoms with E-state index in [-0.39, 0.29) is 34.2 Å². The third-order valence-electron chi connectivity index (χ3n) is 6.79. The highest BCUT2D eigenvalue weighted by Gasteiger charge is 2.43. The van der Waals surface area contributed by atoms with Crippen molar-refractivity contribution in [2.24, 2.45) is 5.73 Å². The predicted octanol–water partition coefficient (Wildman–Crippen LogP) is 3.84. The van der Waals surface area contributed by atoms with E-state index in [1.807, 2.05) is 0 Å². The molecule has 0 aliphatic carbocycles. The summed E-state index contributed by atoms with van der Waals surface area (Å²) >= 11 is 0. The van der Waals surface area contributed by atoms with Crippen molar-refractivity contribution in [2.75, 3.05) is 26.2 Å². The van der Waals surface area contributed by atoms with Gasteiger partial charge in [0, 0.05) is 5.56 Å². The zero-order valence-corrected chi connectivity index (χ0v) is 22.3. The van der Waals surface area contributed by atoms with Crippen LogP contribution in [0.15, 0.2) is 89.4 Å². The maximum Gasteiger partial charge on any atom is 0.355 e. The lowest BCUT2D eigenvalue weighted by Crippen LogP contribution is -2.40. The van der Waals surface area contributed by atoms with Crippen LogP contribution in [-0.2, 0) is 19.1 Å². The maximum absolute atomic E-state index is 13.3. The lowest BCUT2D eigenvalue weighted by molar-refractivity contribution is -0.139. The first-order valence-electron chi connectivity index (χ1n) is 12.4. The van der Waals surface area contributed by atoms with Crippen molar-refractivity contribution in [3.8, 4) is 29.0 Å². The van der Waals surface area contributed by atoms with Gasteiger partial charge in [0.2, 0.25) is 0 Å². The number of fused-ring (bicyclic) bond motifs is 1. The average molecular weight is 552 g/mol. The van der Waals surface area contributed by atoms with Gasteiger partial charge in [-0.3, -0.25) is 4.90 Å². The SMILES string of the molecule is COC(=O)C1=C(C(=O)OC)N(c2ccc3nc(-c4ccc(O)c(OC)c4)[nH]c3c2)C(N)=C(C#N)C1c1ccccc1. The van der Waals surface area contributed by atoms with Crippen molar-refractivity contribution in [3.63, 3.8) is 0 Å². The number of H-pyrrole nitrogens is 1. The van der Waals surface area contributed by atoms with Crippen LogP contribution in [0.25, 0.3) is 22.4 Å². The number of imidazole rings is 1. The van der Waals surface area contributed by atoms with Gasteiger partial charge in [0.15, 0.2) is 11.5 Å². The van der Waals surface area contributed by atoms with Crippen molar-refractivity contribution in [2.45, 2.75) is 5.92 Å². The molecule has 0 saturated heterocycles. The maximum atomic E-state index is 13.3. The Bertz CT molecular complexity index is 1780. The zero-order chi connectivity index (χ0) is 29.3. The van der Waals surface area contributed by atoms with Gasteiger partial charge in [-0.15, -0.1) is 0 Å². The Balaban J connectivity index is 1.72. The number of rotatable bonds is 6. The summed E-state index contributed by atoms with van der Waals surface area (Å²) in [5.74, 6) is -1.88. The number of nitrogens with one attached hydrogen (secondary N) is 1. The minimum Gasteiger partial charge on any atom is -0.504 e. The lowest BCUT2D eigenvalue weighted by Gasteiger charge is -2.35. The standard InChI is InChI=1S/C30H25N5O6/c1-39-23-13-17(9-12-22(23)36)28-33-20-11-10-18(14-21(20)34-28)35-26(30(38)41-3)25(29(37)40-2)24(19(15-31)27(35)32)16-7-5-4-6-8-16/h4-14,24,36H,32H2,1-3H3,(H,33,34). The molecule has 0 bridgehead atoms. The molecule has 0 spiro atoms. The number of benzene rings is 3. The van der Waals surface area contributed by atoms with E-state index in [1.54, 1.807) is 60.7 Å². The molecular weight excluding hydrogens is 526 g/mol. The number of anilines is 1. The van der Waals surface area contributed by atoms with Crippen LogP contribution in [0.4, 0.5) is 5.69 Å². The normalized spacial score (nSPS) is 15.1.